The molecule has 0 unspecified atom stereocenters. The Kier molecular flexibility index (Phi) is 6.29. The van der Waals surface area contributed by atoms with Crippen molar-refractivity contribution in [2.75, 3.05) is 11.4 Å². The van der Waals surface area contributed by atoms with E-state index in [1.807, 2.05) is 0 Å². The number of ether oxygens (including phenoxy) is 1. The molecule has 3 rings (SSSR count). The van der Waals surface area contributed by atoms with Crippen LogP contribution in [0.25, 0.3) is 0 Å². The third-order valence-corrected chi connectivity index (χ3v) is 5.70. The maximum absolute atomic E-state index is 14.6. The maximum atomic E-state index is 14.6. The average molecular weight is 433 g/mol. The molecule has 0 radical (unpaired) electrons. The second-order valence-electron chi connectivity index (χ2n) is 6.85. The highest BCUT2D eigenvalue weighted by Gasteiger charge is 2.27. The molecule has 0 aliphatic heterocycles. The van der Waals surface area contributed by atoms with Gasteiger partial charge in [0.2, 0.25) is 0 Å². The van der Waals surface area contributed by atoms with E-state index in [4.69, 9.17) is 9.84 Å². The van der Waals surface area contributed by atoms with Gasteiger partial charge in [0, 0.05) is 5.92 Å². The van der Waals surface area contributed by atoms with Crippen molar-refractivity contribution in [3.05, 3.63) is 53.3 Å². The van der Waals surface area contributed by atoms with Crippen molar-refractivity contribution in [1.82, 2.24) is 0 Å². The fourth-order valence-electron chi connectivity index (χ4n) is 3.36. The third kappa shape index (κ3) is 4.72. The highest BCUT2D eigenvalue weighted by Crippen LogP contribution is 2.37. The highest BCUT2D eigenvalue weighted by molar-refractivity contribution is 7.87. The fraction of sp³-hybridized carbons (Fsp3) is 0.286. The number of anilines is 2. The number of aromatic carboxylic acids is 1. The van der Waals surface area contributed by atoms with Gasteiger partial charge < -0.3 is 9.84 Å². The van der Waals surface area contributed by atoms with Gasteiger partial charge in [0.05, 0.1) is 23.9 Å². The average Bonchev–Trinajstić information content (AvgIpc) is 3.20. The van der Waals surface area contributed by atoms with Gasteiger partial charge in [-0.3, -0.25) is 4.55 Å². The van der Waals surface area contributed by atoms with Crippen LogP contribution in [0.4, 0.5) is 15.8 Å². The van der Waals surface area contributed by atoms with Crippen molar-refractivity contribution in [1.29, 1.82) is 0 Å². The molecular formula is C21H20FNO6S. The molecule has 0 aromatic heterocycles. The van der Waals surface area contributed by atoms with Crippen LogP contribution >= 0.6 is 0 Å². The van der Waals surface area contributed by atoms with E-state index in [-0.39, 0.29) is 34.2 Å². The Balaban J connectivity index is 2.03. The van der Waals surface area contributed by atoms with Crippen LogP contribution in [0.1, 0.15) is 41.6 Å². The molecule has 0 bridgehead atoms. The number of carbonyl (C=O) groups is 1. The Hall–Kier alpha value is -3.09. The van der Waals surface area contributed by atoms with E-state index in [9.17, 15) is 22.2 Å². The number of benzene rings is 2. The SMILES string of the molecule is COc1cc(C(=O)O)ccc1N(c1ccc(C#CC2CCCC2)c(F)c1)S(=O)(=O)O. The van der Waals surface area contributed by atoms with Gasteiger partial charge in [0.1, 0.15) is 17.3 Å². The maximum Gasteiger partial charge on any atom is 0.364 e. The first-order valence-corrected chi connectivity index (χ1v) is 10.6. The molecule has 2 N–H and O–H groups in total. The topological polar surface area (TPSA) is 104 Å². The summed E-state index contributed by atoms with van der Waals surface area (Å²) in [6.45, 7) is 0. The van der Waals surface area contributed by atoms with Gasteiger partial charge in [0.15, 0.2) is 0 Å². The molecule has 0 heterocycles. The molecule has 1 aliphatic carbocycles. The second-order valence-corrected chi connectivity index (χ2v) is 8.11. The number of carboxylic acid groups (broad SMARTS) is 1. The fourth-order valence-corrected chi connectivity index (χ4v) is 4.14. The van der Waals surface area contributed by atoms with Crippen LogP contribution in [-0.2, 0) is 10.3 Å². The zero-order valence-corrected chi connectivity index (χ0v) is 16.9. The molecule has 2 aromatic rings. The Bertz CT molecular complexity index is 1130. The number of hydrogen-bond donors (Lipinski definition) is 2. The van der Waals surface area contributed by atoms with Crippen LogP contribution in [0, 0.1) is 23.6 Å². The van der Waals surface area contributed by atoms with Gasteiger partial charge in [-0.2, -0.15) is 8.42 Å². The first kappa shape index (κ1) is 21.6. The molecule has 158 valence electrons. The summed E-state index contributed by atoms with van der Waals surface area (Å²) in [7, 11) is -3.67. The van der Waals surface area contributed by atoms with Crippen LogP contribution in [0.15, 0.2) is 36.4 Å². The first-order chi connectivity index (χ1) is 14.2. The first-order valence-electron chi connectivity index (χ1n) is 9.21. The number of halogens is 1. The summed E-state index contributed by atoms with van der Waals surface area (Å²) in [5.74, 6) is 3.96. The molecule has 0 amide bonds. The minimum absolute atomic E-state index is 0.120. The molecule has 1 aliphatic rings. The summed E-state index contributed by atoms with van der Waals surface area (Å²) in [5.41, 5.74) is -0.388. The summed E-state index contributed by atoms with van der Waals surface area (Å²) < 4.78 is 54.1. The predicted octanol–water partition coefficient (Wildman–Crippen LogP) is 4.02. The van der Waals surface area contributed by atoms with Crippen molar-refractivity contribution < 1.29 is 32.0 Å². The van der Waals surface area contributed by atoms with E-state index in [1.54, 1.807) is 0 Å². The van der Waals surface area contributed by atoms with E-state index in [2.05, 4.69) is 11.8 Å². The largest absolute Gasteiger partial charge is 0.495 e. The lowest BCUT2D eigenvalue weighted by molar-refractivity contribution is 0.0696. The molecule has 0 saturated heterocycles. The van der Waals surface area contributed by atoms with Crippen molar-refractivity contribution in [2.45, 2.75) is 25.7 Å². The molecule has 30 heavy (non-hydrogen) atoms. The van der Waals surface area contributed by atoms with E-state index in [0.717, 1.165) is 49.9 Å². The standard InChI is InChI=1S/C21H20FNO6S/c1-29-20-12-16(21(24)25)9-11-19(20)23(30(26,27)28)17-10-8-15(18(22)13-17)7-6-14-4-2-3-5-14/h8-14H,2-5H2,1H3,(H,24,25)(H,26,27,28). The Morgan fingerprint density at radius 3 is 2.47 bits per heavy atom. The van der Waals surface area contributed by atoms with Gasteiger partial charge in [-0.25, -0.2) is 13.5 Å². The molecule has 2 aromatic carbocycles. The van der Waals surface area contributed by atoms with Crippen molar-refractivity contribution in [3.8, 4) is 17.6 Å². The molecule has 9 heteroatoms. The van der Waals surface area contributed by atoms with Crippen LogP contribution < -0.4 is 9.04 Å². The minimum Gasteiger partial charge on any atom is -0.495 e. The number of carboxylic acids is 1. The van der Waals surface area contributed by atoms with Crippen molar-refractivity contribution in [3.63, 3.8) is 0 Å². The second kappa shape index (κ2) is 8.73. The monoisotopic (exact) mass is 433 g/mol. The minimum atomic E-state index is -4.89. The number of rotatable bonds is 5. The molecule has 1 saturated carbocycles. The Morgan fingerprint density at radius 1 is 1.20 bits per heavy atom. The van der Waals surface area contributed by atoms with Crippen LogP contribution in [0.3, 0.4) is 0 Å². The highest BCUT2D eigenvalue weighted by atomic mass is 32.2. The van der Waals surface area contributed by atoms with Gasteiger partial charge in [-0.05, 0) is 49.2 Å². The smallest absolute Gasteiger partial charge is 0.364 e. The molecule has 7 nitrogen and oxygen atoms in total. The molecule has 1 fully saturated rings. The quantitative estimate of drug-likeness (QED) is 0.545. The summed E-state index contributed by atoms with van der Waals surface area (Å²) in [4.78, 5) is 11.2. The summed E-state index contributed by atoms with van der Waals surface area (Å²) in [6.07, 6.45) is 4.17. The summed E-state index contributed by atoms with van der Waals surface area (Å²) >= 11 is 0. The van der Waals surface area contributed by atoms with E-state index >= 15 is 0 Å². The van der Waals surface area contributed by atoms with E-state index < -0.39 is 22.1 Å². The number of nitrogens with zero attached hydrogens (tertiary/aromatic N) is 1. The summed E-state index contributed by atoms with van der Waals surface area (Å²) in [6, 6.07) is 6.99. The predicted molar refractivity (Wildman–Crippen MR) is 109 cm³/mol. The van der Waals surface area contributed by atoms with Crippen LogP contribution in [0.2, 0.25) is 0 Å². The lowest BCUT2D eigenvalue weighted by Gasteiger charge is -2.23. The van der Waals surface area contributed by atoms with Gasteiger partial charge in [-0.15, -0.1) is 0 Å². The number of hydrogen-bond acceptors (Lipinski definition) is 4. The Morgan fingerprint density at radius 2 is 1.90 bits per heavy atom. The van der Waals surface area contributed by atoms with Gasteiger partial charge >= 0.3 is 16.3 Å². The van der Waals surface area contributed by atoms with Crippen molar-refractivity contribution >= 4 is 27.6 Å². The third-order valence-electron chi connectivity index (χ3n) is 4.83. The summed E-state index contributed by atoms with van der Waals surface area (Å²) in [5, 5.41) is 9.11. The lowest BCUT2D eigenvalue weighted by atomic mass is 10.1. The molecular weight excluding hydrogens is 413 g/mol. The van der Waals surface area contributed by atoms with Gasteiger partial charge in [0.25, 0.3) is 0 Å². The zero-order chi connectivity index (χ0) is 21.9. The van der Waals surface area contributed by atoms with Crippen LogP contribution in [0.5, 0.6) is 5.75 Å². The van der Waals surface area contributed by atoms with Gasteiger partial charge in [-0.1, -0.05) is 24.7 Å². The zero-order valence-electron chi connectivity index (χ0n) is 16.1. The van der Waals surface area contributed by atoms with Crippen molar-refractivity contribution in [2.24, 2.45) is 5.92 Å². The van der Waals surface area contributed by atoms with E-state index in [0.29, 0.717) is 4.31 Å². The Labute approximate surface area is 174 Å². The molecule has 0 spiro atoms. The number of methoxy groups -OCH3 is 1. The van der Waals surface area contributed by atoms with E-state index in [1.165, 1.54) is 19.2 Å². The normalized spacial score (nSPS) is 14.1. The molecule has 0 atom stereocenters. The van der Waals surface area contributed by atoms with Crippen LogP contribution in [-0.4, -0.2) is 31.2 Å². The lowest BCUT2D eigenvalue weighted by Crippen LogP contribution is -2.26.